The molecule has 0 radical (unpaired) electrons. The minimum absolute atomic E-state index is 0.316. The molecule has 0 saturated carbocycles. The molecule has 0 spiro atoms. The zero-order valence-electron chi connectivity index (χ0n) is 8.88. The molecule has 0 atom stereocenters. The van der Waals surface area contributed by atoms with Gasteiger partial charge in [0.1, 0.15) is 5.60 Å². The predicted molar refractivity (Wildman–Crippen MR) is 57.5 cm³/mol. The van der Waals surface area contributed by atoms with Gasteiger partial charge in [-0.1, -0.05) is 30.3 Å². The monoisotopic (exact) mass is 244 g/mol. The van der Waals surface area contributed by atoms with Crippen LogP contribution in [0.15, 0.2) is 30.3 Å². The van der Waals surface area contributed by atoms with E-state index in [-0.39, 0.29) is 0 Å². The topological polar surface area (TPSA) is 80.7 Å². The van der Waals surface area contributed by atoms with Crippen molar-refractivity contribution in [2.24, 2.45) is 0 Å². The van der Waals surface area contributed by atoms with Gasteiger partial charge in [-0.3, -0.25) is 9.35 Å². The fraction of sp³-hybridized carbons (Fsp3) is 0.300. The second kappa shape index (κ2) is 4.32. The number of rotatable bonds is 4. The van der Waals surface area contributed by atoms with Crippen molar-refractivity contribution < 1.29 is 21.9 Å². The van der Waals surface area contributed by atoms with Crippen molar-refractivity contribution in [3.8, 4) is 0 Å². The van der Waals surface area contributed by atoms with Gasteiger partial charge in [-0.25, -0.2) is 4.18 Å². The molecule has 0 fully saturated rings. The van der Waals surface area contributed by atoms with Gasteiger partial charge < -0.3 is 0 Å². The molecule has 0 unspecified atom stereocenters. The average molecular weight is 244 g/mol. The standard InChI is InChI=1S/C10H12O5S/c1-10(2,15-16(12,13)14)9(11)8-6-4-3-5-7-8/h3-7H,1-2H3,(H,12,13,14). The molecule has 0 amide bonds. The summed E-state index contributed by atoms with van der Waals surface area (Å²) in [5.41, 5.74) is -1.31. The van der Waals surface area contributed by atoms with Crippen molar-refractivity contribution in [2.75, 3.05) is 0 Å². The first kappa shape index (κ1) is 12.8. The highest BCUT2D eigenvalue weighted by Crippen LogP contribution is 2.18. The highest BCUT2D eigenvalue weighted by atomic mass is 32.3. The van der Waals surface area contributed by atoms with Crippen LogP contribution >= 0.6 is 0 Å². The molecule has 88 valence electrons. The van der Waals surface area contributed by atoms with Crippen molar-refractivity contribution in [1.82, 2.24) is 0 Å². The largest absolute Gasteiger partial charge is 0.398 e. The SMILES string of the molecule is CC(C)(OS(=O)(=O)O)C(=O)c1ccccc1. The van der Waals surface area contributed by atoms with Crippen LogP contribution in [0.3, 0.4) is 0 Å². The van der Waals surface area contributed by atoms with Gasteiger partial charge in [0.15, 0.2) is 5.78 Å². The predicted octanol–water partition coefficient (Wildman–Crippen LogP) is 1.47. The molecule has 1 aromatic carbocycles. The van der Waals surface area contributed by atoms with E-state index in [0.29, 0.717) is 5.56 Å². The van der Waals surface area contributed by atoms with Crippen LogP contribution in [0.1, 0.15) is 24.2 Å². The van der Waals surface area contributed by atoms with Crippen LogP contribution in [-0.2, 0) is 14.6 Å². The van der Waals surface area contributed by atoms with E-state index >= 15 is 0 Å². The van der Waals surface area contributed by atoms with E-state index in [0.717, 1.165) is 0 Å². The Morgan fingerprint density at radius 1 is 1.25 bits per heavy atom. The normalized spacial score (nSPS) is 12.4. The Bertz CT molecular complexity index is 475. The highest BCUT2D eigenvalue weighted by Gasteiger charge is 2.34. The zero-order chi connectivity index (χ0) is 12.4. The van der Waals surface area contributed by atoms with Crippen LogP contribution < -0.4 is 0 Å². The van der Waals surface area contributed by atoms with E-state index in [2.05, 4.69) is 4.18 Å². The second-order valence-electron chi connectivity index (χ2n) is 3.72. The first-order chi connectivity index (χ1) is 7.22. The molecule has 0 bridgehead atoms. The van der Waals surface area contributed by atoms with Crippen LogP contribution in [0.5, 0.6) is 0 Å². The van der Waals surface area contributed by atoms with Gasteiger partial charge in [0.2, 0.25) is 0 Å². The molecule has 16 heavy (non-hydrogen) atoms. The molecule has 0 saturated heterocycles. The lowest BCUT2D eigenvalue weighted by atomic mass is 9.97. The lowest BCUT2D eigenvalue weighted by Gasteiger charge is -2.20. The van der Waals surface area contributed by atoms with Crippen molar-refractivity contribution in [1.29, 1.82) is 0 Å². The summed E-state index contributed by atoms with van der Waals surface area (Å²) < 4.78 is 34.0. The number of hydrogen-bond donors (Lipinski definition) is 1. The maximum atomic E-state index is 11.8. The highest BCUT2D eigenvalue weighted by molar-refractivity contribution is 7.81. The van der Waals surface area contributed by atoms with Gasteiger partial charge in [0.25, 0.3) is 0 Å². The number of benzene rings is 1. The quantitative estimate of drug-likeness (QED) is 0.640. The Hall–Kier alpha value is -1.24. The number of carbonyl (C=O) groups excluding carboxylic acids is 1. The van der Waals surface area contributed by atoms with Crippen molar-refractivity contribution in [3.63, 3.8) is 0 Å². The molecular weight excluding hydrogens is 232 g/mol. The molecule has 0 aliphatic carbocycles. The molecule has 0 aliphatic rings. The summed E-state index contributed by atoms with van der Waals surface area (Å²) in [5.74, 6) is -0.522. The summed E-state index contributed by atoms with van der Waals surface area (Å²) in [7, 11) is -4.66. The van der Waals surface area contributed by atoms with Crippen molar-refractivity contribution >= 4 is 16.2 Å². The minimum Gasteiger partial charge on any atom is -0.291 e. The molecule has 0 heterocycles. The van der Waals surface area contributed by atoms with Crippen LogP contribution in [0.25, 0.3) is 0 Å². The molecule has 1 rings (SSSR count). The lowest BCUT2D eigenvalue weighted by Crippen LogP contribution is -2.37. The van der Waals surface area contributed by atoms with Gasteiger partial charge in [0.05, 0.1) is 0 Å². The summed E-state index contributed by atoms with van der Waals surface area (Å²) in [6.07, 6.45) is 0. The van der Waals surface area contributed by atoms with Gasteiger partial charge >= 0.3 is 10.4 Å². The Morgan fingerprint density at radius 3 is 2.19 bits per heavy atom. The fourth-order valence-corrected chi connectivity index (χ4v) is 1.84. The fourth-order valence-electron chi connectivity index (χ4n) is 1.24. The maximum Gasteiger partial charge on any atom is 0.398 e. The van der Waals surface area contributed by atoms with Gasteiger partial charge in [-0.05, 0) is 13.8 Å². The molecule has 6 heteroatoms. The van der Waals surface area contributed by atoms with E-state index < -0.39 is 21.8 Å². The Balaban J connectivity index is 2.98. The van der Waals surface area contributed by atoms with E-state index in [1.54, 1.807) is 18.2 Å². The summed E-state index contributed by atoms with van der Waals surface area (Å²) in [4.78, 5) is 11.8. The van der Waals surface area contributed by atoms with Gasteiger partial charge in [0, 0.05) is 5.56 Å². The first-order valence-corrected chi connectivity index (χ1v) is 5.87. The van der Waals surface area contributed by atoms with E-state index in [1.165, 1.54) is 26.0 Å². The van der Waals surface area contributed by atoms with Gasteiger partial charge in [-0.15, -0.1) is 0 Å². The number of ketones is 1. The van der Waals surface area contributed by atoms with Crippen LogP contribution in [0, 0.1) is 0 Å². The zero-order valence-corrected chi connectivity index (χ0v) is 9.69. The summed E-state index contributed by atoms with van der Waals surface area (Å²) in [6.45, 7) is 2.55. The lowest BCUT2D eigenvalue weighted by molar-refractivity contribution is 0.0561. The molecule has 1 aromatic rings. The average Bonchev–Trinajstić information content (AvgIpc) is 2.14. The van der Waals surface area contributed by atoms with Crippen molar-refractivity contribution in [2.45, 2.75) is 19.4 Å². The molecule has 0 aliphatic heterocycles. The van der Waals surface area contributed by atoms with E-state index in [4.69, 9.17) is 4.55 Å². The Kier molecular flexibility index (Phi) is 3.47. The summed E-state index contributed by atoms with van der Waals surface area (Å²) >= 11 is 0. The third kappa shape index (κ3) is 3.41. The summed E-state index contributed by atoms with van der Waals surface area (Å²) in [5, 5.41) is 0. The first-order valence-electron chi connectivity index (χ1n) is 4.50. The minimum atomic E-state index is -4.66. The number of carbonyl (C=O) groups is 1. The second-order valence-corrected chi connectivity index (χ2v) is 4.74. The Labute approximate surface area is 94.0 Å². The number of hydrogen-bond acceptors (Lipinski definition) is 4. The summed E-state index contributed by atoms with van der Waals surface area (Å²) in [6, 6.07) is 8.11. The van der Waals surface area contributed by atoms with E-state index in [1.807, 2.05) is 0 Å². The maximum absolute atomic E-state index is 11.8. The van der Waals surface area contributed by atoms with Crippen LogP contribution in [-0.4, -0.2) is 24.4 Å². The number of Topliss-reactive ketones (excluding diaryl/α,β-unsaturated/α-hetero) is 1. The van der Waals surface area contributed by atoms with Crippen LogP contribution in [0.2, 0.25) is 0 Å². The molecule has 1 N–H and O–H groups in total. The molecule has 5 nitrogen and oxygen atoms in total. The smallest absolute Gasteiger partial charge is 0.291 e. The molecular formula is C10H12O5S. The Morgan fingerprint density at radius 2 is 1.75 bits per heavy atom. The van der Waals surface area contributed by atoms with Gasteiger partial charge in [-0.2, -0.15) is 8.42 Å². The third-order valence-corrected chi connectivity index (χ3v) is 2.52. The van der Waals surface area contributed by atoms with E-state index in [9.17, 15) is 13.2 Å². The molecule has 0 aromatic heterocycles. The third-order valence-electron chi connectivity index (χ3n) is 1.90. The van der Waals surface area contributed by atoms with Crippen LogP contribution in [0.4, 0.5) is 0 Å². The van der Waals surface area contributed by atoms with Crippen molar-refractivity contribution in [3.05, 3.63) is 35.9 Å².